The molecule has 1 aliphatic heterocycles. The van der Waals surface area contributed by atoms with Crippen molar-refractivity contribution in [3.63, 3.8) is 0 Å². The number of piperidine rings is 1. The molecular formula is C13H20FN3O2. The number of ether oxygens (including phenoxy) is 1. The SMILES string of the molecule is CC(C)(C)OC(=O)N1CCC(c2n[nH]cc2F)CC1. The van der Waals surface area contributed by atoms with E-state index in [0.29, 0.717) is 31.6 Å². The van der Waals surface area contributed by atoms with Gasteiger partial charge < -0.3 is 9.64 Å². The smallest absolute Gasteiger partial charge is 0.410 e. The summed E-state index contributed by atoms with van der Waals surface area (Å²) in [5, 5.41) is 6.46. The molecule has 0 bridgehead atoms. The number of likely N-dealkylation sites (tertiary alicyclic amines) is 1. The van der Waals surface area contributed by atoms with Crippen molar-refractivity contribution in [3.8, 4) is 0 Å². The minimum absolute atomic E-state index is 0.0740. The second kappa shape index (κ2) is 5.19. The Labute approximate surface area is 112 Å². The number of amides is 1. The van der Waals surface area contributed by atoms with Gasteiger partial charge in [0.1, 0.15) is 11.3 Å². The van der Waals surface area contributed by atoms with Crippen LogP contribution in [0.25, 0.3) is 0 Å². The number of carbonyl (C=O) groups is 1. The Kier molecular flexibility index (Phi) is 3.78. The summed E-state index contributed by atoms with van der Waals surface area (Å²) in [6, 6.07) is 0. The van der Waals surface area contributed by atoms with E-state index < -0.39 is 5.60 Å². The molecule has 0 spiro atoms. The molecule has 0 unspecified atom stereocenters. The zero-order valence-corrected chi connectivity index (χ0v) is 11.6. The molecule has 106 valence electrons. The molecule has 0 saturated carbocycles. The third-order valence-corrected chi connectivity index (χ3v) is 3.15. The van der Waals surface area contributed by atoms with Crippen molar-refractivity contribution >= 4 is 6.09 Å². The van der Waals surface area contributed by atoms with Crippen molar-refractivity contribution in [3.05, 3.63) is 17.7 Å². The van der Waals surface area contributed by atoms with Gasteiger partial charge >= 0.3 is 6.09 Å². The van der Waals surface area contributed by atoms with Crippen LogP contribution in [0.15, 0.2) is 6.20 Å². The molecular weight excluding hydrogens is 249 g/mol. The molecule has 0 atom stereocenters. The maximum Gasteiger partial charge on any atom is 0.410 e. The lowest BCUT2D eigenvalue weighted by Crippen LogP contribution is -2.41. The molecule has 2 heterocycles. The normalized spacial score (nSPS) is 17.6. The average Bonchev–Trinajstić information content (AvgIpc) is 2.73. The van der Waals surface area contributed by atoms with Gasteiger partial charge in [-0.3, -0.25) is 5.10 Å². The van der Waals surface area contributed by atoms with Crippen LogP contribution < -0.4 is 0 Å². The summed E-state index contributed by atoms with van der Waals surface area (Å²) in [4.78, 5) is 13.6. The van der Waals surface area contributed by atoms with Crippen LogP contribution >= 0.6 is 0 Å². The molecule has 1 amide bonds. The summed E-state index contributed by atoms with van der Waals surface area (Å²) in [7, 11) is 0. The minimum atomic E-state index is -0.484. The van der Waals surface area contributed by atoms with E-state index in [0.717, 1.165) is 0 Å². The molecule has 0 aromatic carbocycles. The zero-order chi connectivity index (χ0) is 14.0. The highest BCUT2D eigenvalue weighted by atomic mass is 19.1. The van der Waals surface area contributed by atoms with E-state index in [9.17, 15) is 9.18 Å². The Bertz CT molecular complexity index is 445. The Morgan fingerprint density at radius 3 is 2.58 bits per heavy atom. The zero-order valence-electron chi connectivity index (χ0n) is 11.6. The van der Waals surface area contributed by atoms with Gasteiger partial charge in [-0.15, -0.1) is 0 Å². The first-order valence-corrected chi connectivity index (χ1v) is 6.54. The maximum absolute atomic E-state index is 13.4. The summed E-state index contributed by atoms with van der Waals surface area (Å²) in [5.74, 6) is -0.222. The average molecular weight is 269 g/mol. The summed E-state index contributed by atoms with van der Waals surface area (Å²) < 4.78 is 18.7. The van der Waals surface area contributed by atoms with Gasteiger partial charge in [0.05, 0.1) is 6.20 Å². The number of rotatable bonds is 1. The third kappa shape index (κ3) is 3.45. The van der Waals surface area contributed by atoms with Crippen LogP contribution in [0, 0.1) is 5.82 Å². The third-order valence-electron chi connectivity index (χ3n) is 3.15. The van der Waals surface area contributed by atoms with E-state index >= 15 is 0 Å². The number of carbonyl (C=O) groups excluding carboxylic acids is 1. The van der Waals surface area contributed by atoms with Gasteiger partial charge in [0, 0.05) is 19.0 Å². The van der Waals surface area contributed by atoms with Gasteiger partial charge in [0.15, 0.2) is 5.82 Å². The monoisotopic (exact) mass is 269 g/mol. The number of hydrogen-bond donors (Lipinski definition) is 1. The standard InChI is InChI=1S/C13H20FN3O2/c1-13(2,3)19-12(18)17-6-4-9(5-7-17)11-10(14)8-15-16-11/h8-9H,4-7H2,1-3H3,(H,15,16). The van der Waals surface area contributed by atoms with Crippen molar-refractivity contribution in [2.24, 2.45) is 0 Å². The molecule has 1 aromatic heterocycles. The van der Waals surface area contributed by atoms with Crippen LogP contribution in [0.4, 0.5) is 9.18 Å². The van der Waals surface area contributed by atoms with Crippen LogP contribution in [0.1, 0.15) is 45.2 Å². The maximum atomic E-state index is 13.4. The minimum Gasteiger partial charge on any atom is -0.444 e. The quantitative estimate of drug-likeness (QED) is 0.852. The second-order valence-corrected chi connectivity index (χ2v) is 5.86. The van der Waals surface area contributed by atoms with Crippen LogP contribution in [-0.2, 0) is 4.74 Å². The molecule has 1 N–H and O–H groups in total. The number of aromatic nitrogens is 2. The number of nitrogens with one attached hydrogen (secondary N) is 1. The van der Waals surface area contributed by atoms with Crippen LogP contribution in [0.5, 0.6) is 0 Å². The van der Waals surface area contributed by atoms with E-state index in [1.165, 1.54) is 6.20 Å². The highest BCUT2D eigenvalue weighted by molar-refractivity contribution is 5.68. The first kappa shape index (κ1) is 13.8. The fourth-order valence-electron chi connectivity index (χ4n) is 2.23. The molecule has 1 fully saturated rings. The van der Waals surface area contributed by atoms with E-state index in [-0.39, 0.29) is 17.8 Å². The van der Waals surface area contributed by atoms with Gasteiger partial charge in [-0.1, -0.05) is 0 Å². The lowest BCUT2D eigenvalue weighted by Gasteiger charge is -2.32. The number of H-pyrrole nitrogens is 1. The summed E-state index contributed by atoms with van der Waals surface area (Å²) in [6.07, 6.45) is 2.38. The van der Waals surface area contributed by atoms with E-state index in [2.05, 4.69) is 10.2 Å². The fourth-order valence-corrected chi connectivity index (χ4v) is 2.23. The fraction of sp³-hybridized carbons (Fsp3) is 0.692. The predicted octanol–water partition coefficient (Wildman–Crippen LogP) is 2.66. The van der Waals surface area contributed by atoms with Gasteiger partial charge in [0.2, 0.25) is 0 Å². The summed E-state index contributed by atoms with van der Waals surface area (Å²) in [6.45, 7) is 6.68. The molecule has 1 saturated heterocycles. The summed E-state index contributed by atoms with van der Waals surface area (Å²) >= 11 is 0. The molecule has 0 aliphatic carbocycles. The Balaban J connectivity index is 1.89. The lowest BCUT2D eigenvalue weighted by atomic mass is 9.93. The van der Waals surface area contributed by atoms with Gasteiger partial charge in [-0.2, -0.15) is 5.10 Å². The molecule has 6 heteroatoms. The molecule has 1 aliphatic rings. The van der Waals surface area contributed by atoms with Crippen LogP contribution in [0.2, 0.25) is 0 Å². The van der Waals surface area contributed by atoms with Crippen molar-refractivity contribution < 1.29 is 13.9 Å². The molecule has 19 heavy (non-hydrogen) atoms. The molecule has 0 radical (unpaired) electrons. The molecule has 1 aromatic rings. The van der Waals surface area contributed by atoms with Crippen molar-refractivity contribution in [1.29, 1.82) is 0 Å². The van der Waals surface area contributed by atoms with Crippen LogP contribution in [0.3, 0.4) is 0 Å². The predicted molar refractivity (Wildman–Crippen MR) is 68.3 cm³/mol. The van der Waals surface area contributed by atoms with Gasteiger partial charge in [-0.25, -0.2) is 9.18 Å². The Morgan fingerprint density at radius 1 is 1.47 bits per heavy atom. The molecule has 2 rings (SSSR count). The Hall–Kier alpha value is -1.59. The highest BCUT2D eigenvalue weighted by Gasteiger charge is 2.29. The molecule has 5 nitrogen and oxygen atoms in total. The first-order chi connectivity index (χ1) is 8.87. The van der Waals surface area contributed by atoms with Crippen LogP contribution in [-0.4, -0.2) is 39.9 Å². The highest BCUT2D eigenvalue weighted by Crippen LogP contribution is 2.28. The van der Waals surface area contributed by atoms with Gasteiger partial charge in [-0.05, 0) is 33.6 Å². The first-order valence-electron chi connectivity index (χ1n) is 6.54. The number of halogens is 1. The number of nitrogens with zero attached hydrogens (tertiary/aromatic N) is 2. The Morgan fingerprint density at radius 2 is 2.11 bits per heavy atom. The van der Waals surface area contributed by atoms with E-state index in [4.69, 9.17) is 4.74 Å². The van der Waals surface area contributed by atoms with E-state index in [1.54, 1.807) is 4.90 Å². The summed E-state index contributed by atoms with van der Waals surface area (Å²) in [5.41, 5.74) is -0.00812. The van der Waals surface area contributed by atoms with Gasteiger partial charge in [0.25, 0.3) is 0 Å². The van der Waals surface area contributed by atoms with Crippen molar-refractivity contribution in [1.82, 2.24) is 15.1 Å². The lowest BCUT2D eigenvalue weighted by molar-refractivity contribution is 0.0203. The van der Waals surface area contributed by atoms with E-state index in [1.807, 2.05) is 20.8 Å². The number of hydrogen-bond acceptors (Lipinski definition) is 3. The number of aromatic amines is 1. The second-order valence-electron chi connectivity index (χ2n) is 5.86. The largest absolute Gasteiger partial charge is 0.444 e. The van der Waals surface area contributed by atoms with Crippen molar-refractivity contribution in [2.45, 2.75) is 45.1 Å². The topological polar surface area (TPSA) is 58.2 Å². The van der Waals surface area contributed by atoms with Crippen molar-refractivity contribution in [2.75, 3.05) is 13.1 Å².